The molecule has 2 bridgehead atoms. The van der Waals surface area contributed by atoms with Crippen LogP contribution < -0.4 is 10.6 Å². The third kappa shape index (κ3) is 5.47. The molecule has 3 atom stereocenters. The molecule has 7 nitrogen and oxygen atoms in total. The van der Waals surface area contributed by atoms with Crippen LogP contribution in [0.4, 0.5) is 8.78 Å². The Labute approximate surface area is 258 Å². The highest BCUT2D eigenvalue weighted by molar-refractivity contribution is 14.1. The van der Waals surface area contributed by atoms with Crippen LogP contribution in [0.3, 0.4) is 0 Å². The van der Waals surface area contributed by atoms with E-state index in [1.165, 1.54) is 24.3 Å². The SMILES string of the molecule is NC1C[C@@H]2CC[C@@H](C1)N2C(=O)[C@H](C1(ONS(=O)(=O)c2ccc3ccccc3c2)CCCC1)C(F)(F)c1ccc(I)cc1. The lowest BCUT2D eigenvalue weighted by molar-refractivity contribution is -0.205. The van der Waals surface area contributed by atoms with E-state index in [0.29, 0.717) is 43.9 Å². The molecule has 3 aromatic rings. The number of nitrogens with one attached hydrogen (secondary N) is 1. The minimum absolute atomic E-state index is 0.0512. The minimum Gasteiger partial charge on any atom is -0.336 e. The van der Waals surface area contributed by atoms with E-state index in [4.69, 9.17) is 10.6 Å². The van der Waals surface area contributed by atoms with Crippen LogP contribution in [0.5, 0.6) is 0 Å². The third-order valence-corrected chi connectivity index (χ3v) is 11.1. The van der Waals surface area contributed by atoms with Crippen molar-refractivity contribution >= 4 is 49.3 Å². The van der Waals surface area contributed by atoms with E-state index in [1.807, 2.05) is 34.7 Å². The number of piperidine rings is 1. The van der Waals surface area contributed by atoms with E-state index in [-0.39, 0.29) is 41.4 Å². The molecule has 6 rings (SSSR count). The number of fused-ring (bicyclic) bond motifs is 3. The van der Waals surface area contributed by atoms with Gasteiger partial charge in [0.2, 0.25) is 5.91 Å². The van der Waals surface area contributed by atoms with Crippen LogP contribution in [0.25, 0.3) is 10.8 Å². The molecule has 2 saturated heterocycles. The second-order valence-corrected chi connectivity index (χ2v) is 14.8. The van der Waals surface area contributed by atoms with Crippen molar-refractivity contribution in [1.29, 1.82) is 0 Å². The second kappa shape index (κ2) is 11.4. The summed E-state index contributed by atoms with van der Waals surface area (Å²) < 4.78 is 61.3. The summed E-state index contributed by atoms with van der Waals surface area (Å²) in [5.74, 6) is -6.24. The fourth-order valence-electron chi connectivity index (χ4n) is 7.22. The van der Waals surface area contributed by atoms with Gasteiger partial charge in [0.25, 0.3) is 15.9 Å². The number of hydrogen-bond donors (Lipinski definition) is 2. The molecule has 3 aromatic carbocycles. The number of sulfonamides is 1. The molecule has 2 heterocycles. The normalized spacial score (nSPS) is 24.7. The molecule has 0 radical (unpaired) electrons. The van der Waals surface area contributed by atoms with Gasteiger partial charge >= 0.3 is 0 Å². The van der Waals surface area contributed by atoms with E-state index >= 15 is 8.78 Å². The number of nitrogens with two attached hydrogens (primary N) is 1. The molecule has 3 aliphatic rings. The molecule has 3 N–H and O–H groups in total. The summed E-state index contributed by atoms with van der Waals surface area (Å²) in [6.07, 6.45) is 3.85. The smallest absolute Gasteiger partial charge is 0.287 e. The Bertz CT molecular complexity index is 1570. The summed E-state index contributed by atoms with van der Waals surface area (Å²) in [6, 6.07) is 17.3. The summed E-state index contributed by atoms with van der Waals surface area (Å²) in [7, 11) is -4.25. The van der Waals surface area contributed by atoms with Crippen molar-refractivity contribution in [2.45, 2.75) is 85.9 Å². The standard InChI is InChI=1S/C31H34F2IN3O4S/c32-31(33,22-8-10-23(34)11-9-22)28(29(38)37-25-12-13-26(37)19-24(35)18-25)30(15-3-4-16-30)41-36-42(39,40)27-14-7-20-5-1-2-6-21(20)17-27/h1-2,5-11,14,17,24-26,28,36H,3-4,12-13,15-16,18-19,35H2/t25-,26-,28+/m0/s1. The Morgan fingerprint density at radius 3 is 2.26 bits per heavy atom. The van der Waals surface area contributed by atoms with Crippen molar-refractivity contribution in [1.82, 2.24) is 9.79 Å². The number of carbonyl (C=O) groups excluding carboxylic acids is 1. The first-order chi connectivity index (χ1) is 20.0. The number of nitrogens with zero attached hydrogens (tertiary/aromatic N) is 1. The van der Waals surface area contributed by atoms with Crippen molar-refractivity contribution < 1.29 is 26.8 Å². The van der Waals surface area contributed by atoms with E-state index in [9.17, 15) is 13.2 Å². The number of benzene rings is 3. The maximum absolute atomic E-state index is 16.8. The van der Waals surface area contributed by atoms with Crippen molar-refractivity contribution in [3.63, 3.8) is 0 Å². The quantitative estimate of drug-likeness (QED) is 0.226. The largest absolute Gasteiger partial charge is 0.336 e. The van der Waals surface area contributed by atoms with Crippen molar-refractivity contribution in [3.8, 4) is 0 Å². The van der Waals surface area contributed by atoms with Gasteiger partial charge in [0.05, 0.1) is 4.90 Å². The first-order valence-electron chi connectivity index (χ1n) is 14.4. The van der Waals surface area contributed by atoms with Gasteiger partial charge in [-0.2, -0.15) is 0 Å². The molecular formula is C31H34F2IN3O4S. The zero-order valence-corrected chi connectivity index (χ0v) is 26.0. The predicted octanol–water partition coefficient (Wildman–Crippen LogP) is 5.86. The van der Waals surface area contributed by atoms with Crippen LogP contribution in [0.15, 0.2) is 71.6 Å². The monoisotopic (exact) mass is 709 g/mol. The van der Waals surface area contributed by atoms with E-state index in [1.54, 1.807) is 35.2 Å². The Hall–Kier alpha value is -2.19. The van der Waals surface area contributed by atoms with Crippen LogP contribution in [0.1, 0.15) is 56.9 Å². The van der Waals surface area contributed by atoms with Gasteiger partial charge in [-0.3, -0.25) is 9.63 Å². The fraction of sp³-hybridized carbons (Fsp3) is 0.452. The van der Waals surface area contributed by atoms with Crippen LogP contribution >= 0.6 is 22.6 Å². The molecule has 1 amide bonds. The van der Waals surface area contributed by atoms with Gasteiger partial charge in [-0.1, -0.05) is 60.2 Å². The van der Waals surface area contributed by atoms with Gasteiger partial charge in [-0.25, -0.2) is 17.2 Å². The highest BCUT2D eigenvalue weighted by atomic mass is 127. The molecule has 224 valence electrons. The van der Waals surface area contributed by atoms with Crippen molar-refractivity contribution in [2.75, 3.05) is 0 Å². The Morgan fingerprint density at radius 1 is 1.00 bits per heavy atom. The lowest BCUT2D eigenvalue weighted by Gasteiger charge is -2.45. The first-order valence-corrected chi connectivity index (χ1v) is 17.0. The number of amides is 1. The molecule has 3 fully saturated rings. The van der Waals surface area contributed by atoms with E-state index < -0.39 is 33.4 Å². The van der Waals surface area contributed by atoms with Crippen LogP contribution in [0.2, 0.25) is 0 Å². The van der Waals surface area contributed by atoms with Crippen LogP contribution in [0, 0.1) is 9.49 Å². The van der Waals surface area contributed by atoms with E-state index in [2.05, 4.69) is 4.89 Å². The van der Waals surface area contributed by atoms with Gasteiger partial charge in [-0.05, 0) is 96.2 Å². The second-order valence-electron chi connectivity index (χ2n) is 11.9. The molecular weight excluding hydrogens is 675 g/mol. The highest BCUT2D eigenvalue weighted by Crippen LogP contribution is 2.52. The lowest BCUT2D eigenvalue weighted by atomic mass is 9.77. The Balaban J connectivity index is 1.37. The Kier molecular flexibility index (Phi) is 8.09. The maximum atomic E-state index is 16.8. The molecule has 2 aliphatic heterocycles. The molecule has 11 heteroatoms. The van der Waals surface area contributed by atoms with Crippen molar-refractivity contribution in [2.24, 2.45) is 11.7 Å². The molecule has 1 saturated carbocycles. The summed E-state index contributed by atoms with van der Waals surface area (Å²) in [5.41, 5.74) is 4.19. The summed E-state index contributed by atoms with van der Waals surface area (Å²) in [5, 5.41) is 1.58. The summed E-state index contributed by atoms with van der Waals surface area (Å²) in [4.78, 5) is 24.1. The fourth-order valence-corrected chi connectivity index (χ4v) is 8.48. The maximum Gasteiger partial charge on any atom is 0.287 e. The Morgan fingerprint density at radius 2 is 1.62 bits per heavy atom. The number of carbonyl (C=O) groups is 1. The number of rotatable bonds is 8. The zero-order valence-electron chi connectivity index (χ0n) is 23.0. The molecule has 1 aliphatic carbocycles. The third-order valence-electron chi connectivity index (χ3n) is 9.22. The van der Waals surface area contributed by atoms with Gasteiger partial charge < -0.3 is 10.6 Å². The minimum atomic E-state index is -4.25. The molecule has 0 spiro atoms. The lowest BCUT2D eigenvalue weighted by Crippen LogP contribution is -2.60. The first kappa shape index (κ1) is 29.9. The highest BCUT2D eigenvalue weighted by Gasteiger charge is 2.62. The van der Waals surface area contributed by atoms with Gasteiger partial charge in [-0.15, -0.1) is 0 Å². The number of halogens is 3. The summed E-state index contributed by atoms with van der Waals surface area (Å²) in [6.45, 7) is 0. The average molecular weight is 710 g/mol. The van der Waals surface area contributed by atoms with E-state index in [0.717, 1.165) is 8.96 Å². The molecule has 0 unspecified atom stereocenters. The van der Waals surface area contributed by atoms with Crippen LogP contribution in [-0.2, 0) is 25.6 Å². The zero-order chi connectivity index (χ0) is 29.7. The van der Waals surface area contributed by atoms with Gasteiger partial charge in [0, 0.05) is 27.3 Å². The van der Waals surface area contributed by atoms with Crippen LogP contribution in [-0.4, -0.2) is 43.0 Å². The topological polar surface area (TPSA) is 102 Å². The molecule has 0 aromatic heterocycles. The van der Waals surface area contributed by atoms with Crippen molar-refractivity contribution in [3.05, 3.63) is 75.9 Å². The number of hydrogen-bond acceptors (Lipinski definition) is 5. The number of alkyl halides is 2. The van der Waals surface area contributed by atoms with Gasteiger partial charge in [0.1, 0.15) is 11.5 Å². The molecule has 42 heavy (non-hydrogen) atoms. The summed E-state index contributed by atoms with van der Waals surface area (Å²) >= 11 is 2.05. The van der Waals surface area contributed by atoms with Gasteiger partial charge in [0.15, 0.2) is 0 Å². The average Bonchev–Trinajstić information content (AvgIpc) is 3.54. The predicted molar refractivity (Wildman–Crippen MR) is 164 cm³/mol.